The Labute approximate surface area is 109 Å². The molecule has 1 saturated heterocycles. The topological polar surface area (TPSA) is 91.0 Å². The Bertz CT molecular complexity index is 519. The summed E-state index contributed by atoms with van der Waals surface area (Å²) in [6, 6.07) is 2.52. The van der Waals surface area contributed by atoms with E-state index in [0.717, 1.165) is 10.7 Å². The van der Waals surface area contributed by atoms with Crippen LogP contribution in [0.2, 0.25) is 0 Å². The van der Waals surface area contributed by atoms with Gasteiger partial charge in [0, 0.05) is 19.0 Å². The minimum absolute atomic E-state index is 0.0390. The third-order valence-electron chi connectivity index (χ3n) is 3.00. The molecule has 2 heterocycles. The van der Waals surface area contributed by atoms with Crippen LogP contribution < -0.4 is 0 Å². The molecule has 6 nitrogen and oxygen atoms in total. The Kier molecular flexibility index (Phi) is 3.71. The highest BCUT2D eigenvalue weighted by Gasteiger charge is 2.37. The number of hydrogen-bond donors (Lipinski definition) is 2. The number of likely N-dealkylation sites (tertiary alicyclic amines) is 1. The first-order valence-corrected chi connectivity index (χ1v) is 5.93. The van der Waals surface area contributed by atoms with Gasteiger partial charge in [0.05, 0.1) is 6.10 Å². The summed E-state index contributed by atoms with van der Waals surface area (Å²) in [6.07, 6.45) is 2.02. The zero-order chi connectivity index (χ0) is 14.0. The number of carbonyl (C=O) groups is 2. The molecule has 0 bridgehead atoms. The smallest absolute Gasteiger partial charge is 0.326 e. The van der Waals surface area contributed by atoms with Crippen LogP contribution in [0.5, 0.6) is 0 Å². The number of carbonyl (C=O) groups excluding carboxylic acids is 1. The summed E-state index contributed by atoms with van der Waals surface area (Å²) < 4.78 is 5.27. The molecular weight excluding hydrogens is 250 g/mol. The largest absolute Gasteiger partial charge is 0.480 e. The van der Waals surface area contributed by atoms with Gasteiger partial charge in [0.25, 0.3) is 0 Å². The summed E-state index contributed by atoms with van der Waals surface area (Å²) in [5.41, 5.74) is 0. The van der Waals surface area contributed by atoms with Crippen LogP contribution in [0.15, 0.2) is 22.6 Å². The van der Waals surface area contributed by atoms with Crippen LogP contribution in [0, 0.1) is 6.92 Å². The quantitative estimate of drug-likeness (QED) is 0.783. The predicted octanol–water partition coefficient (Wildman–Crippen LogP) is 0.648. The summed E-state index contributed by atoms with van der Waals surface area (Å²) in [5.74, 6) is -0.297. The number of rotatable bonds is 3. The molecule has 6 heteroatoms. The molecule has 2 unspecified atom stereocenters. The highest BCUT2D eigenvalue weighted by atomic mass is 16.4. The van der Waals surface area contributed by atoms with E-state index in [1.165, 1.54) is 12.2 Å². The van der Waals surface area contributed by atoms with E-state index in [4.69, 9.17) is 9.52 Å². The second kappa shape index (κ2) is 5.27. The van der Waals surface area contributed by atoms with Gasteiger partial charge in [0.1, 0.15) is 17.6 Å². The van der Waals surface area contributed by atoms with Crippen LogP contribution in [0.25, 0.3) is 6.08 Å². The minimum atomic E-state index is -1.10. The van der Waals surface area contributed by atoms with Gasteiger partial charge in [0.15, 0.2) is 0 Å². The van der Waals surface area contributed by atoms with E-state index in [-0.39, 0.29) is 13.0 Å². The van der Waals surface area contributed by atoms with Gasteiger partial charge in [-0.25, -0.2) is 4.79 Å². The number of aliphatic hydroxyl groups is 1. The number of carboxylic acids is 1. The van der Waals surface area contributed by atoms with Gasteiger partial charge in [0.2, 0.25) is 5.91 Å². The van der Waals surface area contributed by atoms with Gasteiger partial charge in [-0.1, -0.05) is 0 Å². The van der Waals surface area contributed by atoms with E-state index in [1.54, 1.807) is 19.1 Å². The third kappa shape index (κ3) is 3.03. The van der Waals surface area contributed by atoms with Crippen molar-refractivity contribution in [2.45, 2.75) is 25.5 Å². The summed E-state index contributed by atoms with van der Waals surface area (Å²) in [7, 11) is 0. The SMILES string of the molecule is Cc1ccc(/C=C/C(=O)N2CC(O)CC2C(=O)O)o1. The molecule has 2 N–H and O–H groups in total. The second-order valence-corrected chi connectivity index (χ2v) is 4.52. The maximum absolute atomic E-state index is 11.9. The number of aryl methyl sites for hydroxylation is 1. The number of furan rings is 1. The van der Waals surface area contributed by atoms with E-state index in [2.05, 4.69) is 0 Å². The molecule has 19 heavy (non-hydrogen) atoms. The standard InChI is InChI=1S/C13H15NO5/c1-8-2-3-10(19-8)4-5-12(16)14-7-9(15)6-11(14)13(17)18/h2-5,9,11,15H,6-7H2,1H3,(H,17,18)/b5-4+. The number of β-amino-alcohol motifs (C(OH)–C–C–N with tert-alkyl or cyclic N) is 1. The Hall–Kier alpha value is -2.08. The first-order valence-electron chi connectivity index (χ1n) is 5.93. The van der Waals surface area contributed by atoms with Crippen LogP contribution >= 0.6 is 0 Å². The maximum atomic E-state index is 11.9. The number of nitrogens with zero attached hydrogens (tertiary/aromatic N) is 1. The highest BCUT2D eigenvalue weighted by molar-refractivity contribution is 5.94. The molecule has 0 radical (unpaired) electrons. The van der Waals surface area contributed by atoms with Crippen LogP contribution in [0.4, 0.5) is 0 Å². The molecule has 102 valence electrons. The lowest BCUT2D eigenvalue weighted by molar-refractivity contribution is -0.146. The third-order valence-corrected chi connectivity index (χ3v) is 3.00. The zero-order valence-corrected chi connectivity index (χ0v) is 10.4. The summed E-state index contributed by atoms with van der Waals surface area (Å²) in [5, 5.41) is 18.4. The number of aliphatic carboxylic acids is 1. The van der Waals surface area contributed by atoms with Gasteiger partial charge in [-0.05, 0) is 25.1 Å². The molecule has 1 aliphatic rings. The van der Waals surface area contributed by atoms with E-state index >= 15 is 0 Å². The summed E-state index contributed by atoms with van der Waals surface area (Å²) in [6.45, 7) is 1.83. The van der Waals surface area contributed by atoms with Crippen LogP contribution in [-0.2, 0) is 9.59 Å². The number of hydrogen-bond acceptors (Lipinski definition) is 4. The van der Waals surface area contributed by atoms with Crippen molar-refractivity contribution >= 4 is 18.0 Å². The zero-order valence-electron chi connectivity index (χ0n) is 10.4. The van der Waals surface area contributed by atoms with Gasteiger partial charge < -0.3 is 19.5 Å². The molecule has 1 aliphatic heterocycles. The van der Waals surface area contributed by atoms with Crippen molar-refractivity contribution in [1.82, 2.24) is 4.90 Å². The second-order valence-electron chi connectivity index (χ2n) is 4.52. The van der Waals surface area contributed by atoms with E-state index < -0.39 is 24.0 Å². The monoisotopic (exact) mass is 265 g/mol. The first kappa shape index (κ1) is 13.4. The van der Waals surface area contributed by atoms with Crippen molar-refractivity contribution < 1.29 is 24.2 Å². The lowest BCUT2D eigenvalue weighted by atomic mass is 10.2. The van der Waals surface area contributed by atoms with E-state index in [0.29, 0.717) is 5.76 Å². The Morgan fingerprint density at radius 3 is 2.79 bits per heavy atom. The molecule has 1 amide bonds. The lowest BCUT2D eigenvalue weighted by Gasteiger charge is -2.18. The van der Waals surface area contributed by atoms with Crippen molar-refractivity contribution in [3.63, 3.8) is 0 Å². The summed E-state index contributed by atoms with van der Waals surface area (Å²) in [4.78, 5) is 24.1. The van der Waals surface area contributed by atoms with Crippen molar-refractivity contribution in [3.05, 3.63) is 29.7 Å². The van der Waals surface area contributed by atoms with Crippen LogP contribution in [0.3, 0.4) is 0 Å². The van der Waals surface area contributed by atoms with Gasteiger partial charge in [-0.2, -0.15) is 0 Å². The minimum Gasteiger partial charge on any atom is -0.480 e. The van der Waals surface area contributed by atoms with Crippen molar-refractivity contribution in [3.8, 4) is 0 Å². The van der Waals surface area contributed by atoms with Gasteiger partial charge >= 0.3 is 5.97 Å². The normalized spacial score (nSPS) is 23.2. The molecular formula is C13H15NO5. The molecule has 0 aliphatic carbocycles. The highest BCUT2D eigenvalue weighted by Crippen LogP contribution is 2.19. The Morgan fingerprint density at radius 1 is 1.47 bits per heavy atom. The molecule has 1 aromatic rings. The van der Waals surface area contributed by atoms with Crippen molar-refractivity contribution in [1.29, 1.82) is 0 Å². The number of aliphatic hydroxyl groups excluding tert-OH is 1. The fourth-order valence-electron chi connectivity index (χ4n) is 2.08. The number of carboxylic acid groups (broad SMARTS) is 1. The van der Waals surface area contributed by atoms with E-state index in [1.807, 2.05) is 0 Å². The fourth-order valence-corrected chi connectivity index (χ4v) is 2.08. The molecule has 2 atom stereocenters. The lowest BCUT2D eigenvalue weighted by Crippen LogP contribution is -2.39. The molecule has 0 aromatic carbocycles. The molecule has 0 spiro atoms. The molecule has 1 aromatic heterocycles. The Balaban J connectivity index is 2.06. The van der Waals surface area contributed by atoms with Crippen LogP contribution in [-0.4, -0.2) is 45.7 Å². The Morgan fingerprint density at radius 2 is 2.21 bits per heavy atom. The molecule has 2 rings (SSSR count). The van der Waals surface area contributed by atoms with Crippen molar-refractivity contribution in [2.24, 2.45) is 0 Å². The molecule has 0 saturated carbocycles. The van der Waals surface area contributed by atoms with Crippen LogP contribution in [0.1, 0.15) is 17.9 Å². The average molecular weight is 265 g/mol. The van der Waals surface area contributed by atoms with Gasteiger partial charge in [-0.15, -0.1) is 0 Å². The van der Waals surface area contributed by atoms with E-state index in [9.17, 15) is 14.7 Å². The van der Waals surface area contributed by atoms with Crippen molar-refractivity contribution in [2.75, 3.05) is 6.54 Å². The fraction of sp³-hybridized carbons (Fsp3) is 0.385. The maximum Gasteiger partial charge on any atom is 0.326 e. The predicted molar refractivity (Wildman–Crippen MR) is 66.2 cm³/mol. The van der Waals surface area contributed by atoms with Gasteiger partial charge in [-0.3, -0.25) is 4.79 Å². The number of amides is 1. The molecule has 1 fully saturated rings. The first-order chi connectivity index (χ1) is 8.97. The summed E-state index contributed by atoms with van der Waals surface area (Å²) >= 11 is 0. The average Bonchev–Trinajstić information content (AvgIpc) is 2.92.